The first-order valence-corrected chi connectivity index (χ1v) is 12.7. The fourth-order valence-electron chi connectivity index (χ4n) is 3.37. The molecule has 0 bridgehead atoms. The number of ether oxygens (including phenoxy) is 2. The summed E-state index contributed by atoms with van der Waals surface area (Å²) in [5, 5.41) is 16.6. The zero-order valence-electron chi connectivity index (χ0n) is 24.4. The van der Waals surface area contributed by atoms with Crippen LogP contribution in [0.3, 0.4) is 0 Å². The van der Waals surface area contributed by atoms with Crippen LogP contribution in [0.1, 0.15) is 50.3 Å². The molecule has 0 fully saturated rings. The molecule has 0 saturated heterocycles. The van der Waals surface area contributed by atoms with Gasteiger partial charge in [-0.25, -0.2) is 9.59 Å². The molecule has 0 amide bonds. The first-order valence-electron chi connectivity index (χ1n) is 12.7. The van der Waals surface area contributed by atoms with Gasteiger partial charge in [-0.3, -0.25) is 0 Å². The molecule has 0 aromatic carbocycles. The van der Waals surface area contributed by atoms with E-state index in [1.54, 1.807) is 13.8 Å². The summed E-state index contributed by atoms with van der Waals surface area (Å²) in [6.45, 7) is 13.3. The quantitative estimate of drug-likeness (QED) is 0.0773. The zero-order valence-corrected chi connectivity index (χ0v) is 25.9. The lowest BCUT2D eigenvalue weighted by Crippen LogP contribution is -3.00. The summed E-state index contributed by atoms with van der Waals surface area (Å²) >= 11 is 0. The number of aryl methyl sites for hydroxylation is 2. The second kappa shape index (κ2) is 17.1. The number of carbonyl (C=O) groups is 2. The Morgan fingerprint density at radius 1 is 0.675 bits per heavy atom. The lowest BCUT2D eigenvalue weighted by molar-refractivity contribution is -0.905. The molecular weight excluding hydrogens is 563 g/mol. The molecule has 226 valence electrons. The molecule has 0 atom stereocenters. The van der Waals surface area contributed by atoms with Gasteiger partial charge in [0.2, 0.25) is 11.8 Å². The summed E-state index contributed by atoms with van der Waals surface area (Å²) in [5.74, 6) is 1.51. The average molecular weight is 606 g/mol. The number of hydrogen-bond acceptors (Lipinski definition) is 10. The maximum atomic E-state index is 11.5. The average Bonchev–Trinajstić information content (AvgIpc) is 3.44. The van der Waals surface area contributed by atoms with Gasteiger partial charge in [0.05, 0.1) is 28.2 Å². The van der Waals surface area contributed by atoms with E-state index < -0.39 is 0 Å². The van der Waals surface area contributed by atoms with Crippen LogP contribution in [0.2, 0.25) is 0 Å². The molecule has 2 aromatic heterocycles. The highest BCUT2D eigenvalue weighted by Gasteiger charge is 2.22. The molecule has 0 unspecified atom stereocenters. The lowest BCUT2D eigenvalue weighted by atomic mass is 10.2. The van der Waals surface area contributed by atoms with Crippen LogP contribution in [0.15, 0.2) is 33.1 Å². The minimum absolute atomic E-state index is 0. The fraction of sp³-hybridized carbons (Fsp3) is 0.615. The second-order valence-corrected chi connectivity index (χ2v) is 10.9. The van der Waals surface area contributed by atoms with Gasteiger partial charge in [0.15, 0.2) is 13.1 Å². The van der Waals surface area contributed by atoms with Crippen molar-refractivity contribution in [2.24, 2.45) is 0 Å². The summed E-state index contributed by atoms with van der Waals surface area (Å²) in [6.07, 6.45) is 2.99. The predicted octanol–water partition coefficient (Wildman–Crippen LogP) is -3.58. The van der Waals surface area contributed by atoms with Crippen molar-refractivity contribution in [3.05, 3.63) is 47.9 Å². The highest BCUT2D eigenvalue weighted by molar-refractivity contribution is 5.87. The zero-order chi connectivity index (χ0) is 28.3. The van der Waals surface area contributed by atoms with Gasteiger partial charge in [0.25, 0.3) is 11.8 Å². The molecule has 2 rings (SSSR count). The van der Waals surface area contributed by atoms with Crippen LogP contribution in [0, 0.1) is 0 Å². The molecule has 12 nitrogen and oxygen atoms in total. The van der Waals surface area contributed by atoms with Crippen LogP contribution in [-0.2, 0) is 45.0 Å². The number of quaternary nitrogens is 2. The first-order chi connectivity index (χ1) is 17.8. The van der Waals surface area contributed by atoms with Gasteiger partial charge in [-0.05, 0) is 26.7 Å². The van der Waals surface area contributed by atoms with E-state index in [0.717, 1.165) is 12.8 Å². The van der Waals surface area contributed by atoms with Crippen LogP contribution in [0.25, 0.3) is 0 Å². The summed E-state index contributed by atoms with van der Waals surface area (Å²) in [4.78, 5) is 23.1. The van der Waals surface area contributed by atoms with E-state index >= 15 is 0 Å². The highest BCUT2D eigenvalue weighted by atomic mass is 35.5. The van der Waals surface area contributed by atoms with E-state index in [9.17, 15) is 9.59 Å². The Bertz CT molecular complexity index is 1030. The molecule has 0 saturated carbocycles. The minimum Gasteiger partial charge on any atom is -1.00 e. The standard InChI is InChI=1S/C26H42N6O6.2ClH/c1-19(2)25(33)35-15-13-31(5,6)17-23-29-27-21(37-23)11-9-10-12-22-28-30-24(38-22)18-32(7,8)14-16-36-26(34)20(3)4;;/h1,3,9-18H2,2,4-8H3;2*1H/q+2;;/p-2. The third kappa shape index (κ3) is 14.0. The Morgan fingerprint density at radius 3 is 1.32 bits per heavy atom. The Kier molecular flexibility index (Phi) is 15.9. The predicted molar refractivity (Wildman–Crippen MR) is 138 cm³/mol. The minimum atomic E-state index is -0.386. The van der Waals surface area contributed by atoms with E-state index in [0.29, 0.717) is 95.9 Å². The number of rotatable bonds is 17. The first kappa shape index (κ1) is 37.2. The van der Waals surface area contributed by atoms with Gasteiger partial charge >= 0.3 is 11.9 Å². The molecule has 2 aromatic rings. The third-order valence-electron chi connectivity index (χ3n) is 5.73. The van der Waals surface area contributed by atoms with Crippen molar-refractivity contribution in [3.8, 4) is 0 Å². The Labute approximate surface area is 248 Å². The summed E-state index contributed by atoms with van der Waals surface area (Å²) in [7, 11) is 8.04. The van der Waals surface area contributed by atoms with E-state index in [2.05, 4.69) is 33.6 Å². The van der Waals surface area contributed by atoms with E-state index in [4.69, 9.17) is 18.3 Å². The Morgan fingerprint density at radius 2 is 1.00 bits per heavy atom. The molecule has 0 aliphatic rings. The van der Waals surface area contributed by atoms with Crippen molar-refractivity contribution in [1.29, 1.82) is 0 Å². The van der Waals surface area contributed by atoms with E-state index in [-0.39, 0.29) is 36.8 Å². The molecule has 40 heavy (non-hydrogen) atoms. The van der Waals surface area contributed by atoms with Crippen LogP contribution >= 0.6 is 0 Å². The van der Waals surface area contributed by atoms with Crippen LogP contribution in [0.4, 0.5) is 0 Å². The monoisotopic (exact) mass is 604 g/mol. The molecule has 0 N–H and O–H groups in total. The normalized spacial score (nSPS) is 11.2. The van der Waals surface area contributed by atoms with Crippen molar-refractivity contribution in [2.45, 2.75) is 52.6 Å². The van der Waals surface area contributed by atoms with E-state index in [1.165, 1.54) is 0 Å². The number of unbranched alkanes of at least 4 members (excludes halogenated alkanes) is 1. The topological polar surface area (TPSA) is 130 Å². The fourth-order valence-corrected chi connectivity index (χ4v) is 3.37. The molecular formula is C26H42Cl2N6O6. The second-order valence-electron chi connectivity index (χ2n) is 10.9. The number of carbonyl (C=O) groups excluding carboxylic acids is 2. The number of halogens is 2. The summed E-state index contributed by atoms with van der Waals surface area (Å²) in [5.41, 5.74) is 0.769. The number of aromatic nitrogens is 4. The summed E-state index contributed by atoms with van der Waals surface area (Å²) in [6, 6.07) is 0. The molecule has 14 heteroatoms. The molecule has 0 spiro atoms. The molecule has 2 heterocycles. The molecule has 0 radical (unpaired) electrons. The van der Waals surface area contributed by atoms with Gasteiger partial charge in [0, 0.05) is 24.0 Å². The Hall–Kier alpha value is -2.80. The third-order valence-corrected chi connectivity index (χ3v) is 5.73. The lowest BCUT2D eigenvalue weighted by Gasteiger charge is -2.27. The van der Waals surface area contributed by atoms with Gasteiger partial charge in [-0.15, -0.1) is 20.4 Å². The van der Waals surface area contributed by atoms with Crippen molar-refractivity contribution in [1.82, 2.24) is 20.4 Å². The van der Waals surface area contributed by atoms with Gasteiger partial charge in [-0.1, -0.05) is 13.2 Å². The number of esters is 2. The smallest absolute Gasteiger partial charge is 0.333 e. The highest BCUT2D eigenvalue weighted by Crippen LogP contribution is 2.13. The van der Waals surface area contributed by atoms with E-state index in [1.807, 2.05) is 28.2 Å². The number of hydrogen-bond donors (Lipinski definition) is 0. The van der Waals surface area contributed by atoms with Crippen molar-refractivity contribution < 1.29 is 61.7 Å². The largest absolute Gasteiger partial charge is 1.00 e. The van der Waals surface area contributed by atoms with Crippen molar-refractivity contribution >= 4 is 11.9 Å². The maximum Gasteiger partial charge on any atom is 0.333 e. The van der Waals surface area contributed by atoms with Crippen molar-refractivity contribution in [3.63, 3.8) is 0 Å². The van der Waals surface area contributed by atoms with Crippen molar-refractivity contribution in [2.75, 3.05) is 54.5 Å². The van der Waals surface area contributed by atoms with Crippen LogP contribution < -0.4 is 24.8 Å². The molecule has 0 aliphatic heterocycles. The van der Waals surface area contributed by atoms with Gasteiger partial charge in [0.1, 0.15) is 26.3 Å². The van der Waals surface area contributed by atoms with Gasteiger partial charge < -0.3 is 52.1 Å². The number of nitrogens with zero attached hydrogens (tertiary/aromatic N) is 6. The van der Waals surface area contributed by atoms with Crippen LogP contribution in [-0.4, -0.2) is 95.8 Å². The SMILES string of the molecule is C=C(C)C(=O)OCC[N+](C)(C)Cc1nnc(CCCCc2nnc(C[N+](C)(C)CCOC(=O)C(=C)C)o2)o1.[Cl-].[Cl-]. The van der Waals surface area contributed by atoms with Crippen LogP contribution in [0.5, 0.6) is 0 Å². The maximum absolute atomic E-state index is 11.5. The summed E-state index contributed by atoms with van der Waals surface area (Å²) < 4.78 is 23.1. The Balaban J connectivity index is 0.00000760. The molecule has 0 aliphatic carbocycles. The number of likely N-dealkylation sites (N-methyl/N-ethyl adjacent to an activating group) is 2. The van der Waals surface area contributed by atoms with Gasteiger partial charge in [-0.2, -0.15) is 0 Å².